The summed E-state index contributed by atoms with van der Waals surface area (Å²) in [4.78, 5) is 4.41. The molecule has 1 aliphatic heterocycles. The molecule has 2 rings (SSSR count). The minimum Gasteiger partial charge on any atom is -0.497 e. The van der Waals surface area contributed by atoms with Crippen LogP contribution in [0, 0.1) is 0 Å². The number of benzene rings is 1. The summed E-state index contributed by atoms with van der Waals surface area (Å²) < 4.78 is 10.5. The maximum atomic E-state index is 10.2. The first-order valence-corrected chi connectivity index (χ1v) is 7.47. The summed E-state index contributed by atoms with van der Waals surface area (Å²) in [6, 6.07) is 8.05. The molecular weight excluding hydrogens is 268 g/mol. The smallest absolute Gasteiger partial charge is 0.118 e. The van der Waals surface area contributed by atoms with E-state index in [0.29, 0.717) is 6.54 Å². The lowest BCUT2D eigenvalue weighted by atomic mass is 10.2. The van der Waals surface area contributed by atoms with E-state index in [0.717, 1.165) is 45.1 Å². The van der Waals surface area contributed by atoms with Crippen LogP contribution in [0.3, 0.4) is 0 Å². The Morgan fingerprint density at radius 1 is 1.29 bits per heavy atom. The van der Waals surface area contributed by atoms with Crippen LogP contribution in [0.2, 0.25) is 0 Å². The molecule has 0 aromatic heterocycles. The molecule has 0 spiro atoms. The van der Waals surface area contributed by atoms with Crippen molar-refractivity contribution < 1.29 is 14.6 Å². The summed E-state index contributed by atoms with van der Waals surface area (Å²) in [7, 11) is 3.70. The Bertz CT molecular complexity index is 404. The molecular formula is C16H26N2O3. The van der Waals surface area contributed by atoms with Gasteiger partial charge in [-0.05, 0) is 24.7 Å². The van der Waals surface area contributed by atoms with Crippen molar-refractivity contribution in [3.63, 3.8) is 0 Å². The zero-order chi connectivity index (χ0) is 15.1. The van der Waals surface area contributed by atoms with Crippen LogP contribution in [0.4, 0.5) is 0 Å². The number of nitrogens with zero attached hydrogens (tertiary/aromatic N) is 2. The highest BCUT2D eigenvalue weighted by atomic mass is 16.5. The van der Waals surface area contributed by atoms with Gasteiger partial charge >= 0.3 is 0 Å². The minimum absolute atomic E-state index is 0.327. The fourth-order valence-electron chi connectivity index (χ4n) is 2.61. The van der Waals surface area contributed by atoms with E-state index in [-0.39, 0.29) is 6.10 Å². The summed E-state index contributed by atoms with van der Waals surface area (Å²) in [5, 5.41) is 10.2. The zero-order valence-corrected chi connectivity index (χ0v) is 13.0. The zero-order valence-electron chi connectivity index (χ0n) is 13.0. The predicted molar refractivity (Wildman–Crippen MR) is 82.6 cm³/mol. The van der Waals surface area contributed by atoms with Crippen LogP contribution < -0.4 is 4.74 Å². The van der Waals surface area contributed by atoms with Gasteiger partial charge in [-0.25, -0.2) is 0 Å². The molecule has 118 valence electrons. The lowest BCUT2D eigenvalue weighted by Gasteiger charge is -2.30. The molecule has 1 heterocycles. The minimum atomic E-state index is -0.327. The van der Waals surface area contributed by atoms with Gasteiger partial charge in [0, 0.05) is 32.7 Å². The highest BCUT2D eigenvalue weighted by molar-refractivity contribution is 5.27. The van der Waals surface area contributed by atoms with Gasteiger partial charge in [-0.3, -0.25) is 9.80 Å². The second-order valence-electron chi connectivity index (χ2n) is 5.61. The Kier molecular flexibility index (Phi) is 6.45. The molecule has 5 nitrogen and oxygen atoms in total. The average molecular weight is 294 g/mol. The van der Waals surface area contributed by atoms with Gasteiger partial charge < -0.3 is 14.6 Å². The van der Waals surface area contributed by atoms with E-state index in [2.05, 4.69) is 21.9 Å². The van der Waals surface area contributed by atoms with Crippen LogP contribution in [-0.4, -0.2) is 74.6 Å². The first-order chi connectivity index (χ1) is 10.2. The van der Waals surface area contributed by atoms with E-state index in [1.54, 1.807) is 7.11 Å². The Morgan fingerprint density at radius 2 is 1.95 bits per heavy atom. The Balaban J connectivity index is 1.73. The number of β-amino-alcohol motifs (C(OH)–C–C–N with tert-alkyl or cyclic N) is 1. The van der Waals surface area contributed by atoms with Gasteiger partial charge in [0.2, 0.25) is 0 Å². The largest absolute Gasteiger partial charge is 0.497 e. The van der Waals surface area contributed by atoms with Crippen molar-refractivity contribution >= 4 is 0 Å². The molecule has 1 N–H and O–H groups in total. The molecule has 0 aliphatic carbocycles. The van der Waals surface area contributed by atoms with Gasteiger partial charge in [0.15, 0.2) is 0 Å². The molecule has 1 unspecified atom stereocenters. The van der Waals surface area contributed by atoms with Crippen LogP contribution >= 0.6 is 0 Å². The number of morpholine rings is 1. The van der Waals surface area contributed by atoms with Crippen molar-refractivity contribution in [1.29, 1.82) is 0 Å². The maximum Gasteiger partial charge on any atom is 0.118 e. The van der Waals surface area contributed by atoms with Crippen molar-refractivity contribution in [3.8, 4) is 5.75 Å². The van der Waals surface area contributed by atoms with Crippen molar-refractivity contribution in [2.75, 3.05) is 53.6 Å². The van der Waals surface area contributed by atoms with Gasteiger partial charge in [-0.15, -0.1) is 0 Å². The molecule has 1 saturated heterocycles. The quantitative estimate of drug-likeness (QED) is 0.807. The first-order valence-electron chi connectivity index (χ1n) is 7.47. The van der Waals surface area contributed by atoms with Gasteiger partial charge in [0.25, 0.3) is 0 Å². The number of likely N-dealkylation sites (N-methyl/N-ethyl adjacent to an activating group) is 1. The Hall–Kier alpha value is -1.14. The third-order valence-electron chi connectivity index (χ3n) is 3.71. The number of aliphatic hydroxyl groups is 1. The van der Waals surface area contributed by atoms with Crippen LogP contribution in [0.1, 0.15) is 5.56 Å². The third kappa shape index (κ3) is 5.63. The predicted octanol–water partition coefficient (Wildman–Crippen LogP) is 0.820. The van der Waals surface area contributed by atoms with E-state index in [4.69, 9.17) is 9.47 Å². The number of aliphatic hydroxyl groups excluding tert-OH is 1. The van der Waals surface area contributed by atoms with Gasteiger partial charge in [0.05, 0.1) is 26.4 Å². The Morgan fingerprint density at radius 3 is 2.57 bits per heavy atom. The monoisotopic (exact) mass is 294 g/mol. The molecule has 0 bridgehead atoms. The van der Waals surface area contributed by atoms with Gasteiger partial charge in [0.1, 0.15) is 5.75 Å². The van der Waals surface area contributed by atoms with Gasteiger partial charge in [-0.2, -0.15) is 0 Å². The molecule has 1 aromatic rings. The van der Waals surface area contributed by atoms with Crippen molar-refractivity contribution in [1.82, 2.24) is 9.80 Å². The van der Waals surface area contributed by atoms with E-state index in [1.165, 1.54) is 5.56 Å². The van der Waals surface area contributed by atoms with Crippen LogP contribution in [0.25, 0.3) is 0 Å². The van der Waals surface area contributed by atoms with E-state index < -0.39 is 0 Å². The molecule has 1 aromatic carbocycles. The standard InChI is InChI=1S/C16H26N2O3/c1-17(11-14-3-5-16(20-2)6-4-14)12-15(19)13-18-7-9-21-10-8-18/h3-6,15,19H,7-13H2,1-2H3. The second kappa shape index (κ2) is 8.34. The van der Waals surface area contributed by atoms with Crippen molar-refractivity contribution in [3.05, 3.63) is 29.8 Å². The molecule has 5 heteroatoms. The number of hydrogen-bond acceptors (Lipinski definition) is 5. The highest BCUT2D eigenvalue weighted by Gasteiger charge is 2.16. The number of methoxy groups -OCH3 is 1. The van der Waals surface area contributed by atoms with Crippen molar-refractivity contribution in [2.24, 2.45) is 0 Å². The lowest BCUT2D eigenvalue weighted by Crippen LogP contribution is -2.43. The molecule has 0 radical (unpaired) electrons. The lowest BCUT2D eigenvalue weighted by molar-refractivity contribution is 0.00825. The topological polar surface area (TPSA) is 45.2 Å². The second-order valence-corrected chi connectivity index (χ2v) is 5.61. The summed E-state index contributed by atoms with van der Waals surface area (Å²) in [6.07, 6.45) is -0.327. The summed E-state index contributed by atoms with van der Waals surface area (Å²) in [6.45, 7) is 5.59. The summed E-state index contributed by atoms with van der Waals surface area (Å²) in [5.41, 5.74) is 1.22. The van der Waals surface area contributed by atoms with Crippen LogP contribution in [0.15, 0.2) is 24.3 Å². The van der Waals surface area contributed by atoms with E-state index in [1.807, 2.05) is 19.2 Å². The molecule has 1 aliphatic rings. The van der Waals surface area contributed by atoms with E-state index in [9.17, 15) is 5.11 Å². The fourth-order valence-corrected chi connectivity index (χ4v) is 2.61. The average Bonchev–Trinajstić information content (AvgIpc) is 2.48. The SMILES string of the molecule is COc1ccc(CN(C)CC(O)CN2CCOCC2)cc1. The first kappa shape index (κ1) is 16.2. The molecule has 21 heavy (non-hydrogen) atoms. The molecule has 1 fully saturated rings. The maximum absolute atomic E-state index is 10.2. The Labute approximate surface area is 127 Å². The fraction of sp³-hybridized carbons (Fsp3) is 0.625. The van der Waals surface area contributed by atoms with Crippen molar-refractivity contribution in [2.45, 2.75) is 12.6 Å². The van der Waals surface area contributed by atoms with Gasteiger partial charge in [-0.1, -0.05) is 12.1 Å². The van der Waals surface area contributed by atoms with E-state index >= 15 is 0 Å². The number of hydrogen-bond donors (Lipinski definition) is 1. The van der Waals surface area contributed by atoms with Crippen LogP contribution in [0.5, 0.6) is 5.75 Å². The summed E-state index contributed by atoms with van der Waals surface area (Å²) in [5.74, 6) is 0.869. The summed E-state index contributed by atoms with van der Waals surface area (Å²) >= 11 is 0. The molecule has 0 saturated carbocycles. The third-order valence-corrected chi connectivity index (χ3v) is 3.71. The molecule has 0 amide bonds. The van der Waals surface area contributed by atoms with Crippen LogP contribution in [-0.2, 0) is 11.3 Å². The highest BCUT2D eigenvalue weighted by Crippen LogP contribution is 2.12. The number of ether oxygens (including phenoxy) is 2. The number of rotatable bonds is 7. The molecule has 1 atom stereocenters. The normalized spacial score (nSPS) is 17.9.